The minimum absolute atomic E-state index is 0.351. The summed E-state index contributed by atoms with van der Waals surface area (Å²) >= 11 is 8.45. The summed E-state index contributed by atoms with van der Waals surface area (Å²) in [5.41, 5.74) is 1.32. The molecule has 0 radical (unpaired) electrons. The minimum atomic E-state index is -0.481. The van der Waals surface area contributed by atoms with Crippen LogP contribution in [0.3, 0.4) is 0 Å². The molecule has 2 atom stereocenters. The van der Waals surface area contributed by atoms with Crippen LogP contribution in [-0.4, -0.2) is 17.4 Å². The van der Waals surface area contributed by atoms with E-state index in [9.17, 15) is 0 Å². The molecule has 1 aliphatic carbocycles. The van der Waals surface area contributed by atoms with Gasteiger partial charge in [0.2, 0.25) is 0 Å². The van der Waals surface area contributed by atoms with E-state index >= 15 is 0 Å². The van der Waals surface area contributed by atoms with Crippen molar-refractivity contribution in [2.24, 2.45) is 0 Å². The monoisotopic (exact) mass is 270 g/mol. The largest absolute Gasteiger partial charge is 0.362 e. The third-order valence-electron chi connectivity index (χ3n) is 3.42. The third kappa shape index (κ3) is 2.98. The second kappa shape index (κ2) is 5.64. The molecule has 1 saturated carbocycles. The maximum Gasteiger partial charge on any atom is 0.153 e. The van der Waals surface area contributed by atoms with E-state index in [1.165, 1.54) is 23.3 Å². The molecule has 1 fully saturated rings. The Morgan fingerprint density at radius 1 is 1.35 bits per heavy atom. The molecule has 0 amide bonds. The van der Waals surface area contributed by atoms with Gasteiger partial charge in [0.25, 0.3) is 0 Å². The van der Waals surface area contributed by atoms with Crippen molar-refractivity contribution in [3.05, 3.63) is 29.8 Å². The van der Waals surface area contributed by atoms with Crippen LogP contribution in [0.4, 0.5) is 0 Å². The summed E-state index contributed by atoms with van der Waals surface area (Å²) in [6.07, 6.45) is 4.51. The van der Waals surface area contributed by atoms with Crippen LogP contribution in [0.2, 0.25) is 0 Å². The average molecular weight is 271 g/mol. The molecular weight excluding hydrogens is 252 g/mol. The van der Waals surface area contributed by atoms with Gasteiger partial charge in [0.15, 0.2) is 5.06 Å². The lowest BCUT2D eigenvalue weighted by molar-refractivity contribution is 0.0382. The van der Waals surface area contributed by atoms with Crippen LogP contribution in [-0.2, 0) is 4.74 Å². The van der Waals surface area contributed by atoms with E-state index in [-0.39, 0.29) is 0 Å². The Hall–Kier alpha value is -0.180. The number of thioether (sulfide) groups is 1. The summed E-state index contributed by atoms with van der Waals surface area (Å²) in [7, 11) is 1.73. The molecule has 1 aromatic carbocycles. The number of methoxy groups -OCH3 is 1. The zero-order valence-corrected chi connectivity index (χ0v) is 12.0. The standard InChI is InChI=1S/C14H19ClOS/c1-11-7-3-4-8-12(11)17-13-9-5-6-10-14(13,15)16-2/h3-4,7-8,13H,5-6,9-10H2,1-2H3. The fourth-order valence-electron chi connectivity index (χ4n) is 2.29. The quantitative estimate of drug-likeness (QED) is 0.742. The highest BCUT2D eigenvalue weighted by Crippen LogP contribution is 2.44. The lowest BCUT2D eigenvalue weighted by Crippen LogP contribution is -2.39. The smallest absolute Gasteiger partial charge is 0.153 e. The molecule has 0 aliphatic heterocycles. The number of alkyl halides is 1. The van der Waals surface area contributed by atoms with Crippen molar-refractivity contribution < 1.29 is 4.74 Å². The van der Waals surface area contributed by atoms with E-state index in [0.717, 1.165) is 12.8 Å². The highest BCUT2D eigenvalue weighted by Gasteiger charge is 2.39. The van der Waals surface area contributed by atoms with Crippen molar-refractivity contribution in [1.29, 1.82) is 0 Å². The van der Waals surface area contributed by atoms with Crippen molar-refractivity contribution in [3.8, 4) is 0 Å². The van der Waals surface area contributed by atoms with Gasteiger partial charge >= 0.3 is 0 Å². The van der Waals surface area contributed by atoms with Crippen molar-refractivity contribution in [3.63, 3.8) is 0 Å². The van der Waals surface area contributed by atoms with Crippen molar-refractivity contribution in [2.75, 3.05) is 7.11 Å². The lowest BCUT2D eigenvalue weighted by atomic mass is 9.96. The van der Waals surface area contributed by atoms with Crippen LogP contribution < -0.4 is 0 Å². The molecule has 1 nitrogen and oxygen atoms in total. The second-order valence-corrected chi connectivity index (χ2v) is 6.49. The first-order chi connectivity index (χ1) is 8.15. The fourth-order valence-corrected chi connectivity index (χ4v) is 4.06. The molecule has 2 unspecified atom stereocenters. The first-order valence-corrected chi connectivity index (χ1v) is 7.38. The summed E-state index contributed by atoms with van der Waals surface area (Å²) in [5.74, 6) is 0. The number of hydrogen-bond acceptors (Lipinski definition) is 2. The number of hydrogen-bond donors (Lipinski definition) is 0. The van der Waals surface area contributed by atoms with Gasteiger partial charge in [-0.3, -0.25) is 0 Å². The number of aryl methyl sites for hydroxylation is 1. The summed E-state index contributed by atoms with van der Waals surface area (Å²) in [5, 5.41) is -0.130. The van der Waals surface area contributed by atoms with E-state index in [0.29, 0.717) is 5.25 Å². The topological polar surface area (TPSA) is 9.23 Å². The zero-order chi connectivity index (χ0) is 12.3. The van der Waals surface area contributed by atoms with Gasteiger partial charge in [0, 0.05) is 12.0 Å². The second-order valence-electron chi connectivity index (χ2n) is 4.61. The highest BCUT2D eigenvalue weighted by atomic mass is 35.5. The number of benzene rings is 1. The van der Waals surface area contributed by atoms with Crippen molar-refractivity contribution in [2.45, 2.75) is 47.8 Å². The molecule has 1 aliphatic rings. The molecule has 3 heteroatoms. The summed E-state index contributed by atoms with van der Waals surface area (Å²) in [4.78, 5) is 1.32. The van der Waals surface area contributed by atoms with Gasteiger partial charge in [-0.2, -0.15) is 0 Å². The van der Waals surface area contributed by atoms with E-state index < -0.39 is 5.06 Å². The van der Waals surface area contributed by atoms with Crippen molar-refractivity contribution >= 4 is 23.4 Å². The summed E-state index contributed by atoms with van der Waals surface area (Å²) in [6.45, 7) is 2.15. The molecule has 0 heterocycles. The SMILES string of the molecule is COC1(Cl)CCCCC1Sc1ccccc1C. The number of ether oxygens (including phenoxy) is 1. The molecule has 0 N–H and O–H groups in total. The molecule has 0 spiro atoms. The molecular formula is C14H19ClOS. The van der Waals surface area contributed by atoms with E-state index in [1.807, 2.05) is 11.8 Å². The summed E-state index contributed by atoms with van der Waals surface area (Å²) < 4.78 is 5.55. The average Bonchev–Trinajstić information content (AvgIpc) is 2.35. The maximum absolute atomic E-state index is 6.58. The Morgan fingerprint density at radius 3 is 2.82 bits per heavy atom. The first kappa shape index (κ1) is 13.3. The molecule has 0 saturated heterocycles. The Morgan fingerprint density at radius 2 is 2.12 bits per heavy atom. The Kier molecular flexibility index (Phi) is 4.40. The maximum atomic E-state index is 6.58. The van der Waals surface area contributed by atoms with Gasteiger partial charge in [-0.05, 0) is 37.8 Å². The van der Waals surface area contributed by atoms with E-state index in [2.05, 4.69) is 31.2 Å². The molecule has 0 aromatic heterocycles. The molecule has 94 valence electrons. The lowest BCUT2D eigenvalue weighted by Gasteiger charge is -2.37. The molecule has 2 rings (SSSR count). The van der Waals surface area contributed by atoms with Gasteiger partial charge < -0.3 is 4.74 Å². The van der Waals surface area contributed by atoms with E-state index in [4.69, 9.17) is 16.3 Å². The van der Waals surface area contributed by atoms with Gasteiger partial charge in [0.05, 0.1) is 5.25 Å². The van der Waals surface area contributed by atoms with Gasteiger partial charge in [-0.1, -0.05) is 36.2 Å². The Bertz CT molecular complexity index is 382. The predicted molar refractivity (Wildman–Crippen MR) is 74.9 cm³/mol. The number of rotatable bonds is 3. The fraction of sp³-hybridized carbons (Fsp3) is 0.571. The predicted octanol–water partition coefficient (Wildman–Crippen LogP) is 4.61. The molecule has 17 heavy (non-hydrogen) atoms. The molecule has 0 bridgehead atoms. The zero-order valence-electron chi connectivity index (χ0n) is 10.4. The third-order valence-corrected chi connectivity index (χ3v) is 5.77. The van der Waals surface area contributed by atoms with Crippen LogP contribution in [0.15, 0.2) is 29.2 Å². The van der Waals surface area contributed by atoms with Crippen LogP contribution in [0.5, 0.6) is 0 Å². The first-order valence-electron chi connectivity index (χ1n) is 6.12. The highest BCUT2D eigenvalue weighted by molar-refractivity contribution is 8.00. The van der Waals surface area contributed by atoms with Crippen molar-refractivity contribution in [1.82, 2.24) is 0 Å². The van der Waals surface area contributed by atoms with Gasteiger partial charge in [-0.15, -0.1) is 11.8 Å². The number of halogens is 1. The van der Waals surface area contributed by atoms with Crippen LogP contribution in [0.1, 0.15) is 31.2 Å². The summed E-state index contributed by atoms with van der Waals surface area (Å²) in [6, 6.07) is 8.47. The van der Waals surface area contributed by atoms with Crippen LogP contribution >= 0.6 is 23.4 Å². The normalized spacial score (nSPS) is 29.2. The van der Waals surface area contributed by atoms with E-state index in [1.54, 1.807) is 7.11 Å². The molecule has 1 aromatic rings. The van der Waals surface area contributed by atoms with Crippen LogP contribution in [0.25, 0.3) is 0 Å². The minimum Gasteiger partial charge on any atom is -0.362 e. The van der Waals surface area contributed by atoms with Gasteiger partial charge in [-0.25, -0.2) is 0 Å². The van der Waals surface area contributed by atoms with Gasteiger partial charge in [0.1, 0.15) is 0 Å². The van der Waals surface area contributed by atoms with Crippen LogP contribution in [0, 0.1) is 6.92 Å². The Balaban J connectivity index is 2.14. The Labute approximate surface area is 113 Å².